The zero-order valence-electron chi connectivity index (χ0n) is 21.2. The molecule has 0 bridgehead atoms. The average molecular weight is 508 g/mol. The zero-order chi connectivity index (χ0) is 26.1. The fourth-order valence-corrected chi connectivity index (χ4v) is 3.57. The lowest BCUT2D eigenvalue weighted by Gasteiger charge is -2.15. The number of halogens is 2. The summed E-state index contributed by atoms with van der Waals surface area (Å²) in [6.45, 7) is 6.63. The molecule has 3 aromatic rings. The van der Waals surface area contributed by atoms with Crippen LogP contribution in [0.25, 0.3) is 17.0 Å². The fourth-order valence-electron chi connectivity index (χ4n) is 3.57. The van der Waals surface area contributed by atoms with Gasteiger partial charge in [-0.05, 0) is 39.3 Å². The number of hydrogen-bond donors (Lipinski definition) is 2. The van der Waals surface area contributed by atoms with Crippen LogP contribution in [-0.4, -0.2) is 70.0 Å². The van der Waals surface area contributed by atoms with Crippen LogP contribution in [-0.2, 0) is 4.74 Å². The van der Waals surface area contributed by atoms with E-state index in [1.165, 1.54) is 0 Å². The summed E-state index contributed by atoms with van der Waals surface area (Å²) in [6, 6.07) is 1.60. The highest BCUT2D eigenvalue weighted by Gasteiger charge is 2.22. The first-order valence-corrected chi connectivity index (χ1v) is 12.0. The summed E-state index contributed by atoms with van der Waals surface area (Å²) in [6.07, 6.45) is 5.49. The molecule has 0 spiro atoms. The summed E-state index contributed by atoms with van der Waals surface area (Å²) in [4.78, 5) is 13.4. The van der Waals surface area contributed by atoms with Crippen LogP contribution in [0.1, 0.15) is 51.8 Å². The van der Waals surface area contributed by atoms with E-state index >= 15 is 0 Å². The van der Waals surface area contributed by atoms with Gasteiger partial charge in [0.15, 0.2) is 5.82 Å². The molecule has 10 nitrogen and oxygen atoms in total. The Morgan fingerprint density at radius 3 is 2.72 bits per heavy atom. The predicted molar refractivity (Wildman–Crippen MR) is 131 cm³/mol. The molecule has 36 heavy (non-hydrogen) atoms. The Hall–Kier alpha value is -2.96. The van der Waals surface area contributed by atoms with Gasteiger partial charge in [0.2, 0.25) is 11.6 Å². The molecule has 0 aliphatic carbocycles. The van der Waals surface area contributed by atoms with Crippen molar-refractivity contribution in [2.45, 2.75) is 58.0 Å². The molecule has 2 atom stereocenters. The number of imidazole rings is 1. The molecule has 3 heterocycles. The van der Waals surface area contributed by atoms with Crippen LogP contribution in [0.15, 0.2) is 24.7 Å². The third-order valence-electron chi connectivity index (χ3n) is 5.58. The van der Waals surface area contributed by atoms with Crippen LogP contribution >= 0.6 is 0 Å². The van der Waals surface area contributed by atoms with Crippen LogP contribution in [0.4, 0.5) is 8.78 Å². The number of nitrogens with zero attached hydrogens (tertiary/aromatic N) is 5. The number of hydrogen-bond acceptors (Lipinski definition) is 9. The van der Waals surface area contributed by atoms with E-state index in [2.05, 4.69) is 25.4 Å². The lowest BCUT2D eigenvalue weighted by molar-refractivity contribution is 0.00800. The van der Waals surface area contributed by atoms with Gasteiger partial charge in [-0.2, -0.15) is 4.98 Å². The molecule has 12 heteroatoms. The van der Waals surface area contributed by atoms with Crippen molar-refractivity contribution in [3.05, 3.63) is 30.4 Å². The number of aromatic nitrogens is 5. The smallest absolute Gasteiger partial charge is 0.262 e. The normalized spacial score (nSPS) is 13.6. The summed E-state index contributed by atoms with van der Waals surface area (Å²) in [5.41, 5.74) is 7.86. The van der Waals surface area contributed by atoms with Gasteiger partial charge in [0.1, 0.15) is 12.4 Å². The molecule has 198 valence electrons. The molecule has 0 aliphatic rings. The highest BCUT2D eigenvalue weighted by Crippen LogP contribution is 2.30. The van der Waals surface area contributed by atoms with E-state index < -0.39 is 5.92 Å². The quantitative estimate of drug-likeness (QED) is 0.298. The van der Waals surface area contributed by atoms with Crippen LogP contribution in [0.3, 0.4) is 0 Å². The number of nitrogens with one attached hydrogen (secondary N) is 1. The second-order valence-electron chi connectivity index (χ2n) is 8.64. The van der Waals surface area contributed by atoms with Gasteiger partial charge < -0.3 is 25.3 Å². The van der Waals surface area contributed by atoms with E-state index in [4.69, 9.17) is 19.9 Å². The van der Waals surface area contributed by atoms with Crippen LogP contribution in [0.2, 0.25) is 0 Å². The molecule has 0 amide bonds. The van der Waals surface area contributed by atoms with E-state index in [1.54, 1.807) is 30.2 Å². The lowest BCUT2D eigenvalue weighted by Crippen LogP contribution is -2.25. The minimum atomic E-state index is -2.70. The molecule has 0 saturated carbocycles. The van der Waals surface area contributed by atoms with Gasteiger partial charge in [-0.15, -0.1) is 5.10 Å². The third-order valence-corrected chi connectivity index (χ3v) is 5.58. The molecule has 3 N–H and O–H groups in total. The number of alkyl halides is 2. The van der Waals surface area contributed by atoms with Crippen molar-refractivity contribution in [3.8, 4) is 23.0 Å². The van der Waals surface area contributed by atoms with Gasteiger partial charge >= 0.3 is 0 Å². The van der Waals surface area contributed by atoms with Crippen molar-refractivity contribution < 1.29 is 23.0 Å². The number of rotatable bonds is 15. The Bertz CT molecular complexity index is 1110. The Kier molecular flexibility index (Phi) is 9.85. The number of methoxy groups -OCH3 is 1. The Labute approximate surface area is 209 Å². The Balaban J connectivity index is 1.65. The number of ether oxygens (including phenoxy) is 3. The summed E-state index contributed by atoms with van der Waals surface area (Å²) in [7, 11) is 1.57. The van der Waals surface area contributed by atoms with Crippen molar-refractivity contribution in [3.63, 3.8) is 0 Å². The largest absolute Gasteiger partial charge is 0.494 e. The molecule has 3 aromatic heterocycles. The number of fused-ring (bicyclic) bond motifs is 1. The molecule has 0 fully saturated rings. The SMILES string of the molecule is CCN[C@H](C)c1cc(-c2nc(OCCOCCC(N)CCC(C)(F)F)c3nccn3n2)c(OC)cn1. The van der Waals surface area contributed by atoms with Crippen molar-refractivity contribution in [1.29, 1.82) is 0 Å². The van der Waals surface area contributed by atoms with Crippen molar-refractivity contribution in [1.82, 2.24) is 29.9 Å². The van der Waals surface area contributed by atoms with Gasteiger partial charge in [0.25, 0.3) is 5.88 Å². The van der Waals surface area contributed by atoms with Crippen LogP contribution < -0.4 is 20.5 Å². The van der Waals surface area contributed by atoms with Gasteiger partial charge in [0, 0.05) is 37.5 Å². The highest BCUT2D eigenvalue weighted by atomic mass is 19.3. The Morgan fingerprint density at radius 1 is 1.19 bits per heavy atom. The molecular formula is C24H35F2N7O3. The summed E-state index contributed by atoms with van der Waals surface area (Å²) >= 11 is 0. The lowest BCUT2D eigenvalue weighted by atomic mass is 10.1. The van der Waals surface area contributed by atoms with Gasteiger partial charge in [-0.1, -0.05) is 6.92 Å². The molecule has 0 radical (unpaired) electrons. The first-order valence-electron chi connectivity index (χ1n) is 12.0. The summed E-state index contributed by atoms with van der Waals surface area (Å²) in [5.74, 6) is -1.46. The van der Waals surface area contributed by atoms with Crippen LogP contribution in [0.5, 0.6) is 11.6 Å². The van der Waals surface area contributed by atoms with E-state index in [1.807, 2.05) is 19.9 Å². The molecule has 1 unspecified atom stereocenters. The van der Waals surface area contributed by atoms with Gasteiger partial charge in [-0.3, -0.25) is 4.98 Å². The second kappa shape index (κ2) is 12.8. The zero-order valence-corrected chi connectivity index (χ0v) is 21.2. The van der Waals surface area contributed by atoms with E-state index in [0.29, 0.717) is 41.7 Å². The average Bonchev–Trinajstić information content (AvgIpc) is 3.33. The predicted octanol–water partition coefficient (Wildman–Crippen LogP) is 3.41. The summed E-state index contributed by atoms with van der Waals surface area (Å²) in [5, 5.41) is 7.91. The van der Waals surface area contributed by atoms with Crippen molar-refractivity contribution in [2.75, 3.05) is 33.5 Å². The van der Waals surface area contributed by atoms with E-state index in [-0.39, 0.29) is 38.1 Å². The van der Waals surface area contributed by atoms with E-state index in [0.717, 1.165) is 19.2 Å². The molecule has 0 saturated heterocycles. The fraction of sp³-hybridized carbons (Fsp3) is 0.583. The van der Waals surface area contributed by atoms with Gasteiger partial charge in [0.05, 0.1) is 31.2 Å². The van der Waals surface area contributed by atoms with Gasteiger partial charge in [-0.25, -0.2) is 18.3 Å². The molecule has 3 rings (SSSR count). The molecular weight excluding hydrogens is 472 g/mol. The number of nitrogens with two attached hydrogens (primary N) is 1. The molecule has 0 aromatic carbocycles. The van der Waals surface area contributed by atoms with Crippen molar-refractivity contribution >= 4 is 5.65 Å². The first-order chi connectivity index (χ1) is 17.2. The molecule has 0 aliphatic heterocycles. The second-order valence-corrected chi connectivity index (χ2v) is 8.64. The minimum absolute atomic E-state index is 0.0380. The maximum atomic E-state index is 13.0. The highest BCUT2D eigenvalue weighted by molar-refractivity contribution is 5.65. The topological polar surface area (TPSA) is 122 Å². The maximum Gasteiger partial charge on any atom is 0.262 e. The monoisotopic (exact) mass is 507 g/mol. The Morgan fingerprint density at radius 2 is 2.00 bits per heavy atom. The van der Waals surface area contributed by atoms with Crippen LogP contribution in [0, 0.1) is 0 Å². The van der Waals surface area contributed by atoms with Crippen molar-refractivity contribution in [2.24, 2.45) is 5.73 Å². The standard InChI is InChI=1S/C24H35F2N7O3/c1-5-28-16(2)19-14-18(20(34-4)15-30-19)21-31-23(22-29-9-10-33(22)32-21)36-13-12-35-11-7-17(27)6-8-24(3,25)26/h9-10,14-17,28H,5-8,11-13,27H2,1-4H3/t16-,17?/m1/s1. The first kappa shape index (κ1) is 27.6. The summed E-state index contributed by atoms with van der Waals surface area (Å²) < 4.78 is 44.4. The minimum Gasteiger partial charge on any atom is -0.494 e. The maximum absolute atomic E-state index is 13.0. The van der Waals surface area contributed by atoms with E-state index in [9.17, 15) is 8.78 Å². The third kappa shape index (κ3) is 7.77. The number of pyridine rings is 1.